The number of rotatable bonds is 4. The smallest absolute Gasteiger partial charge is 0.0537 e. The molecule has 280 valence electrons. The third-order valence-electron chi connectivity index (χ3n) is 13.8. The summed E-state index contributed by atoms with van der Waals surface area (Å²) in [5.41, 5.74) is 22.5. The lowest BCUT2D eigenvalue weighted by Gasteiger charge is -2.44. The third-order valence-corrected chi connectivity index (χ3v) is 13.8. The topological polar surface area (TPSA) is 3.24 Å². The second-order valence-electron chi connectivity index (χ2n) is 17.5. The predicted octanol–water partition coefficient (Wildman–Crippen LogP) is 15.1. The van der Waals surface area contributed by atoms with Gasteiger partial charge in [-0.05, 0) is 109 Å². The van der Waals surface area contributed by atoms with E-state index in [-0.39, 0.29) is 16.7 Å². The molecule has 4 aliphatic rings. The Balaban J connectivity index is 1.21. The van der Waals surface area contributed by atoms with Gasteiger partial charge in [-0.25, -0.2) is 0 Å². The van der Waals surface area contributed by atoms with E-state index in [9.17, 15) is 0 Å². The van der Waals surface area contributed by atoms with E-state index in [0.29, 0.717) is 0 Å². The fraction of sp³-hybridized carbons (Fsp3) is 0.158. The van der Waals surface area contributed by atoms with Crippen LogP contribution in [0.15, 0.2) is 187 Å². The average Bonchev–Trinajstić information content (AvgIpc) is 3.65. The summed E-state index contributed by atoms with van der Waals surface area (Å²) in [7, 11) is 0. The van der Waals surface area contributed by atoms with E-state index >= 15 is 0 Å². The van der Waals surface area contributed by atoms with Crippen LogP contribution >= 0.6 is 0 Å². The second-order valence-corrected chi connectivity index (χ2v) is 17.5. The van der Waals surface area contributed by atoms with E-state index in [1.807, 2.05) is 0 Å². The first kappa shape index (κ1) is 34.8. The molecule has 0 fully saturated rings. The molecule has 0 aromatic heterocycles. The molecule has 0 amide bonds. The van der Waals surface area contributed by atoms with Crippen molar-refractivity contribution in [3.63, 3.8) is 0 Å². The minimum Gasteiger partial charge on any atom is -0.312 e. The summed E-state index contributed by atoms with van der Waals surface area (Å²) in [4.78, 5) is 2.63. The molecule has 7 aromatic rings. The predicted molar refractivity (Wildman–Crippen MR) is 246 cm³/mol. The van der Waals surface area contributed by atoms with Crippen molar-refractivity contribution in [1.82, 2.24) is 0 Å². The molecule has 0 spiro atoms. The van der Waals surface area contributed by atoms with Gasteiger partial charge in [-0.1, -0.05) is 185 Å². The molecule has 11 rings (SSSR count). The second kappa shape index (κ2) is 12.8. The van der Waals surface area contributed by atoms with Crippen molar-refractivity contribution in [3.05, 3.63) is 221 Å². The van der Waals surface area contributed by atoms with Gasteiger partial charge in [0.25, 0.3) is 0 Å². The molecule has 0 radical (unpaired) electrons. The molecule has 0 saturated carbocycles. The van der Waals surface area contributed by atoms with Gasteiger partial charge in [-0.2, -0.15) is 0 Å². The standard InChI is InChI=1S/C57H47N/c1-6-36(38-26-17-20-37-19-7-8-21-39(37)38)35-52-46-34-33-43-40-22-9-13-28-47(40)57(4,5)55(43)54(46)45-25-12-16-32-51(45)58(52)50-31-15-11-23-41(50)42-27-18-30-49-53(42)44-24-10-14-29-48(44)56(49,2)3/h6-33,35,46H,34H2,1-5H3/b36-6+,52-35+. The van der Waals surface area contributed by atoms with Crippen LogP contribution in [0.5, 0.6) is 0 Å². The van der Waals surface area contributed by atoms with Gasteiger partial charge in [-0.3, -0.25) is 0 Å². The maximum absolute atomic E-state index is 2.63. The first-order valence-corrected chi connectivity index (χ1v) is 20.9. The lowest BCUT2D eigenvalue weighted by Crippen LogP contribution is -2.33. The van der Waals surface area contributed by atoms with Gasteiger partial charge in [0, 0.05) is 33.6 Å². The van der Waals surface area contributed by atoms with Crippen molar-refractivity contribution in [2.75, 3.05) is 4.90 Å². The van der Waals surface area contributed by atoms with Crippen LogP contribution in [0.1, 0.15) is 74.4 Å². The number of para-hydroxylation sites is 2. The molecule has 1 nitrogen and oxygen atoms in total. The van der Waals surface area contributed by atoms with Crippen LogP contribution in [-0.2, 0) is 10.8 Å². The highest BCUT2D eigenvalue weighted by Crippen LogP contribution is 2.62. The molecule has 1 unspecified atom stereocenters. The van der Waals surface area contributed by atoms with Crippen LogP contribution in [-0.4, -0.2) is 0 Å². The van der Waals surface area contributed by atoms with Crippen molar-refractivity contribution < 1.29 is 0 Å². The van der Waals surface area contributed by atoms with Gasteiger partial charge >= 0.3 is 0 Å². The lowest BCUT2D eigenvalue weighted by atomic mass is 9.69. The largest absolute Gasteiger partial charge is 0.312 e. The van der Waals surface area contributed by atoms with Crippen LogP contribution in [0.3, 0.4) is 0 Å². The van der Waals surface area contributed by atoms with Crippen molar-refractivity contribution in [2.45, 2.75) is 51.9 Å². The molecule has 1 atom stereocenters. The van der Waals surface area contributed by atoms with Crippen molar-refractivity contribution in [1.29, 1.82) is 0 Å². The molecular formula is C57H47N. The molecule has 3 aliphatic carbocycles. The minimum atomic E-state index is -0.140. The Bertz CT molecular complexity index is 2990. The van der Waals surface area contributed by atoms with Crippen LogP contribution in [0, 0.1) is 5.92 Å². The zero-order valence-corrected chi connectivity index (χ0v) is 34.0. The van der Waals surface area contributed by atoms with Crippen molar-refractivity contribution in [2.24, 2.45) is 5.92 Å². The molecule has 1 heteroatoms. The SMILES string of the molecule is C/C=C(\C=C1/C2CC=C3C(=C2c2ccccc2N1c1ccccc1-c1cccc2c1-c1ccccc1C2(C)C)C(C)(C)c1ccccc13)c1cccc2ccccc12. The Kier molecular flexibility index (Phi) is 7.67. The third kappa shape index (κ3) is 4.83. The van der Waals surface area contributed by atoms with Gasteiger partial charge in [0.1, 0.15) is 0 Å². The summed E-state index contributed by atoms with van der Waals surface area (Å²) in [6, 6.07) is 59.0. The number of benzene rings is 7. The normalized spacial score (nSPS) is 18.9. The highest BCUT2D eigenvalue weighted by Gasteiger charge is 2.47. The highest BCUT2D eigenvalue weighted by molar-refractivity contribution is 6.06. The lowest BCUT2D eigenvalue weighted by molar-refractivity contribution is 0.643. The maximum Gasteiger partial charge on any atom is 0.0537 e. The Morgan fingerprint density at radius 2 is 1.12 bits per heavy atom. The molecule has 1 heterocycles. The Morgan fingerprint density at radius 3 is 1.90 bits per heavy atom. The monoisotopic (exact) mass is 745 g/mol. The Hall–Kier alpha value is -6.44. The zero-order valence-electron chi connectivity index (χ0n) is 34.0. The Labute approximate surface area is 343 Å². The van der Waals surface area contributed by atoms with Gasteiger partial charge in [0.05, 0.1) is 11.4 Å². The molecular weight excluding hydrogens is 699 g/mol. The van der Waals surface area contributed by atoms with Gasteiger partial charge in [0.15, 0.2) is 0 Å². The van der Waals surface area contributed by atoms with E-state index in [2.05, 4.69) is 215 Å². The summed E-state index contributed by atoms with van der Waals surface area (Å²) in [6.07, 6.45) is 8.32. The van der Waals surface area contributed by atoms with Gasteiger partial charge in [-0.15, -0.1) is 0 Å². The minimum absolute atomic E-state index is 0.0855. The highest BCUT2D eigenvalue weighted by atomic mass is 15.2. The fourth-order valence-electron chi connectivity index (χ4n) is 11.1. The van der Waals surface area contributed by atoms with Crippen molar-refractivity contribution >= 4 is 38.9 Å². The summed E-state index contributed by atoms with van der Waals surface area (Å²) in [5.74, 6) is 0.140. The van der Waals surface area contributed by atoms with Crippen LogP contribution in [0.4, 0.5) is 11.4 Å². The summed E-state index contributed by atoms with van der Waals surface area (Å²) < 4.78 is 0. The van der Waals surface area contributed by atoms with Crippen molar-refractivity contribution in [3.8, 4) is 22.3 Å². The molecule has 7 aromatic carbocycles. The molecule has 58 heavy (non-hydrogen) atoms. The summed E-state index contributed by atoms with van der Waals surface area (Å²) in [6.45, 7) is 11.8. The number of nitrogens with zero attached hydrogens (tertiary/aromatic N) is 1. The molecule has 0 saturated heterocycles. The number of anilines is 2. The van der Waals surface area contributed by atoms with E-state index in [0.717, 1.165) is 6.42 Å². The number of hydrogen-bond acceptors (Lipinski definition) is 1. The van der Waals surface area contributed by atoms with Crippen LogP contribution in [0.2, 0.25) is 0 Å². The van der Waals surface area contributed by atoms with E-state index in [1.54, 1.807) is 0 Å². The maximum atomic E-state index is 2.63. The quantitative estimate of drug-likeness (QED) is 0.173. The summed E-state index contributed by atoms with van der Waals surface area (Å²) in [5, 5.41) is 2.53. The van der Waals surface area contributed by atoms with Gasteiger partial charge < -0.3 is 4.90 Å². The van der Waals surface area contributed by atoms with E-state index in [1.165, 1.54) is 106 Å². The number of allylic oxidation sites excluding steroid dienone is 7. The first-order chi connectivity index (χ1) is 28.3. The number of fused-ring (bicyclic) bond motifs is 10. The summed E-state index contributed by atoms with van der Waals surface area (Å²) >= 11 is 0. The number of hydrogen-bond donors (Lipinski definition) is 0. The fourth-order valence-corrected chi connectivity index (χ4v) is 11.1. The van der Waals surface area contributed by atoms with Crippen LogP contribution in [0.25, 0.3) is 49.7 Å². The zero-order chi connectivity index (χ0) is 39.3. The first-order valence-electron chi connectivity index (χ1n) is 20.9. The van der Waals surface area contributed by atoms with E-state index in [4.69, 9.17) is 0 Å². The molecule has 1 aliphatic heterocycles. The Morgan fingerprint density at radius 1 is 0.552 bits per heavy atom. The average molecular weight is 746 g/mol. The molecule has 0 bridgehead atoms. The molecule has 0 N–H and O–H groups in total. The van der Waals surface area contributed by atoms with Gasteiger partial charge in [0.2, 0.25) is 0 Å². The van der Waals surface area contributed by atoms with Crippen LogP contribution < -0.4 is 4.90 Å². The van der Waals surface area contributed by atoms with E-state index < -0.39 is 0 Å².